The van der Waals surface area contributed by atoms with E-state index in [1.54, 1.807) is 24.3 Å². The van der Waals surface area contributed by atoms with E-state index in [1.165, 1.54) is 0 Å². The van der Waals surface area contributed by atoms with Gasteiger partial charge in [-0.05, 0) is 17.0 Å². The Morgan fingerprint density at radius 2 is 1.43 bits per heavy atom. The highest BCUT2D eigenvalue weighted by Gasteiger charge is 2.39. The summed E-state index contributed by atoms with van der Waals surface area (Å²) >= 11 is 0. The summed E-state index contributed by atoms with van der Waals surface area (Å²) in [7, 11) is 0. The molecule has 0 aromatic heterocycles. The summed E-state index contributed by atoms with van der Waals surface area (Å²) in [6.07, 6.45) is 0. The van der Waals surface area contributed by atoms with E-state index in [9.17, 15) is 9.90 Å². The van der Waals surface area contributed by atoms with Crippen LogP contribution in [0.25, 0.3) is 0 Å². The van der Waals surface area contributed by atoms with Crippen molar-refractivity contribution in [2.75, 3.05) is 6.54 Å². The van der Waals surface area contributed by atoms with Crippen LogP contribution in [0.5, 0.6) is 0 Å². The van der Waals surface area contributed by atoms with Crippen LogP contribution in [-0.4, -0.2) is 17.6 Å². The van der Waals surface area contributed by atoms with Crippen molar-refractivity contribution < 1.29 is 9.90 Å². The molecule has 0 atom stereocenters. The van der Waals surface area contributed by atoms with Gasteiger partial charge in [0.05, 0.1) is 0 Å². The van der Waals surface area contributed by atoms with Gasteiger partial charge in [0.1, 0.15) is 0 Å². The van der Waals surface area contributed by atoms with E-state index in [2.05, 4.69) is 5.32 Å². The molecule has 0 saturated heterocycles. The number of carbonyl (C=O) groups excluding carboxylic acids is 1. The lowest BCUT2D eigenvalue weighted by Crippen LogP contribution is -2.46. The van der Waals surface area contributed by atoms with E-state index in [1.807, 2.05) is 50.2 Å². The molecule has 0 bridgehead atoms. The van der Waals surface area contributed by atoms with Gasteiger partial charge < -0.3 is 10.4 Å². The summed E-state index contributed by atoms with van der Waals surface area (Å²) < 4.78 is 0. The number of rotatable bonds is 5. The van der Waals surface area contributed by atoms with Crippen LogP contribution in [0.4, 0.5) is 0 Å². The maximum atomic E-state index is 12.6. The second-order valence-corrected chi connectivity index (χ2v) is 5.55. The average molecular weight is 283 g/mol. The smallest absolute Gasteiger partial charge is 0.261 e. The molecule has 1 amide bonds. The zero-order valence-electron chi connectivity index (χ0n) is 12.4. The van der Waals surface area contributed by atoms with Crippen LogP contribution in [0.1, 0.15) is 25.0 Å². The van der Waals surface area contributed by atoms with Crippen molar-refractivity contribution in [1.29, 1.82) is 0 Å². The third-order valence-electron chi connectivity index (χ3n) is 3.38. The lowest BCUT2D eigenvalue weighted by molar-refractivity contribution is -0.136. The minimum atomic E-state index is -1.67. The summed E-state index contributed by atoms with van der Waals surface area (Å²) in [6, 6.07) is 18.1. The molecular formula is C18H21NO2. The number of hydrogen-bond donors (Lipinski definition) is 2. The Morgan fingerprint density at radius 1 is 1.00 bits per heavy atom. The zero-order chi connectivity index (χ0) is 15.3. The van der Waals surface area contributed by atoms with E-state index in [-0.39, 0.29) is 0 Å². The largest absolute Gasteiger partial charge is 0.372 e. The molecule has 0 unspecified atom stereocenters. The Labute approximate surface area is 125 Å². The molecule has 2 rings (SSSR count). The monoisotopic (exact) mass is 283 g/mol. The number of hydrogen-bond acceptors (Lipinski definition) is 2. The van der Waals surface area contributed by atoms with Crippen LogP contribution >= 0.6 is 0 Å². The maximum absolute atomic E-state index is 12.6. The molecule has 0 aliphatic carbocycles. The summed E-state index contributed by atoms with van der Waals surface area (Å²) in [6.45, 7) is 4.57. The first-order valence-corrected chi connectivity index (χ1v) is 7.17. The zero-order valence-corrected chi connectivity index (χ0v) is 12.4. The van der Waals surface area contributed by atoms with Crippen molar-refractivity contribution in [1.82, 2.24) is 5.32 Å². The van der Waals surface area contributed by atoms with Crippen molar-refractivity contribution >= 4 is 5.91 Å². The first kappa shape index (κ1) is 15.3. The van der Waals surface area contributed by atoms with Crippen LogP contribution in [0.3, 0.4) is 0 Å². The minimum absolute atomic E-state index is 0.324. The van der Waals surface area contributed by atoms with Crippen molar-refractivity contribution in [3.63, 3.8) is 0 Å². The molecule has 0 radical (unpaired) electrons. The van der Waals surface area contributed by atoms with E-state index in [0.29, 0.717) is 23.6 Å². The van der Waals surface area contributed by atoms with E-state index < -0.39 is 11.5 Å². The van der Waals surface area contributed by atoms with Crippen molar-refractivity contribution in [3.8, 4) is 0 Å². The molecule has 0 saturated carbocycles. The number of aliphatic hydroxyl groups is 1. The van der Waals surface area contributed by atoms with Gasteiger partial charge >= 0.3 is 0 Å². The molecule has 3 nitrogen and oxygen atoms in total. The van der Waals surface area contributed by atoms with Gasteiger partial charge in [0.2, 0.25) is 0 Å². The second-order valence-electron chi connectivity index (χ2n) is 5.55. The summed E-state index contributed by atoms with van der Waals surface area (Å²) in [5.41, 5.74) is -0.535. The summed E-state index contributed by atoms with van der Waals surface area (Å²) in [5.74, 6) is -0.0710. The fourth-order valence-electron chi connectivity index (χ4n) is 2.21. The first-order chi connectivity index (χ1) is 10.0. The molecular weight excluding hydrogens is 262 g/mol. The quantitative estimate of drug-likeness (QED) is 0.886. The normalized spacial score (nSPS) is 11.4. The Bertz CT molecular complexity index is 539. The van der Waals surface area contributed by atoms with Gasteiger partial charge in [0, 0.05) is 6.54 Å². The van der Waals surface area contributed by atoms with Crippen LogP contribution < -0.4 is 5.32 Å². The van der Waals surface area contributed by atoms with Gasteiger partial charge in [-0.1, -0.05) is 74.5 Å². The average Bonchev–Trinajstić information content (AvgIpc) is 2.53. The maximum Gasteiger partial charge on any atom is 0.261 e. The highest BCUT2D eigenvalue weighted by molar-refractivity contribution is 5.90. The van der Waals surface area contributed by atoms with Gasteiger partial charge in [-0.2, -0.15) is 0 Å². The number of carbonyl (C=O) groups is 1. The Morgan fingerprint density at radius 3 is 1.81 bits per heavy atom. The number of benzene rings is 2. The fraction of sp³-hybridized carbons (Fsp3) is 0.278. The molecule has 21 heavy (non-hydrogen) atoms. The molecule has 0 fully saturated rings. The van der Waals surface area contributed by atoms with Gasteiger partial charge in [-0.15, -0.1) is 0 Å². The van der Waals surface area contributed by atoms with Crippen LogP contribution in [0.15, 0.2) is 60.7 Å². The topological polar surface area (TPSA) is 49.3 Å². The number of nitrogens with one attached hydrogen (secondary N) is 1. The van der Waals surface area contributed by atoms with Crippen molar-refractivity contribution in [3.05, 3.63) is 71.8 Å². The number of amides is 1. The predicted molar refractivity (Wildman–Crippen MR) is 83.7 cm³/mol. The molecule has 0 spiro atoms. The molecule has 2 aromatic rings. The summed E-state index contributed by atoms with van der Waals surface area (Å²) in [5, 5.41) is 14.0. The first-order valence-electron chi connectivity index (χ1n) is 7.17. The van der Waals surface area contributed by atoms with E-state index in [4.69, 9.17) is 0 Å². The van der Waals surface area contributed by atoms with Crippen LogP contribution in [0.2, 0.25) is 0 Å². The van der Waals surface area contributed by atoms with Crippen LogP contribution in [-0.2, 0) is 10.4 Å². The van der Waals surface area contributed by atoms with Gasteiger partial charge in [-0.25, -0.2) is 0 Å². The van der Waals surface area contributed by atoms with Crippen molar-refractivity contribution in [2.45, 2.75) is 19.4 Å². The molecule has 0 heterocycles. The molecule has 3 heteroatoms. The third-order valence-corrected chi connectivity index (χ3v) is 3.38. The highest BCUT2D eigenvalue weighted by Crippen LogP contribution is 2.29. The molecule has 2 N–H and O–H groups in total. The summed E-state index contributed by atoms with van der Waals surface area (Å²) in [4.78, 5) is 12.6. The van der Waals surface area contributed by atoms with Gasteiger partial charge in [0.25, 0.3) is 5.91 Å². The fourth-order valence-corrected chi connectivity index (χ4v) is 2.21. The van der Waals surface area contributed by atoms with E-state index in [0.717, 1.165) is 0 Å². The Hall–Kier alpha value is -2.13. The third kappa shape index (κ3) is 3.31. The SMILES string of the molecule is CC(C)CNC(=O)C(O)(c1ccccc1)c1ccccc1. The highest BCUT2D eigenvalue weighted by atomic mass is 16.3. The molecule has 110 valence electrons. The Balaban J connectivity index is 2.42. The van der Waals surface area contributed by atoms with Gasteiger partial charge in [-0.3, -0.25) is 4.79 Å². The van der Waals surface area contributed by atoms with E-state index >= 15 is 0 Å². The standard InChI is InChI=1S/C18H21NO2/c1-14(2)13-19-17(20)18(21,15-9-5-3-6-10-15)16-11-7-4-8-12-16/h3-12,14,21H,13H2,1-2H3,(H,19,20). The molecule has 2 aromatic carbocycles. The lowest BCUT2D eigenvalue weighted by Gasteiger charge is -2.28. The van der Waals surface area contributed by atoms with Crippen LogP contribution in [0, 0.1) is 5.92 Å². The predicted octanol–water partition coefficient (Wildman–Crippen LogP) is 2.69. The molecule has 0 aliphatic rings. The lowest BCUT2D eigenvalue weighted by atomic mass is 9.85. The molecule has 0 aliphatic heterocycles. The van der Waals surface area contributed by atoms with Crippen molar-refractivity contribution in [2.24, 2.45) is 5.92 Å². The Kier molecular flexibility index (Phi) is 4.76. The van der Waals surface area contributed by atoms with Gasteiger partial charge in [0.15, 0.2) is 5.60 Å². The minimum Gasteiger partial charge on any atom is -0.372 e. The second kappa shape index (κ2) is 6.55.